The molecule has 0 saturated carbocycles. The number of nitrogens with zero attached hydrogens (tertiary/aromatic N) is 2. The summed E-state index contributed by atoms with van der Waals surface area (Å²) >= 11 is 0. The second-order valence-corrected chi connectivity index (χ2v) is 6.08. The first-order chi connectivity index (χ1) is 12.7. The van der Waals surface area contributed by atoms with Gasteiger partial charge in [-0.2, -0.15) is 0 Å². The fourth-order valence-electron chi connectivity index (χ4n) is 2.98. The van der Waals surface area contributed by atoms with E-state index in [1.54, 1.807) is 0 Å². The van der Waals surface area contributed by atoms with Gasteiger partial charge in [-0.3, -0.25) is 4.79 Å². The van der Waals surface area contributed by atoms with Gasteiger partial charge in [0.1, 0.15) is 5.69 Å². The number of hydrogen-bond acceptors (Lipinski definition) is 3. The summed E-state index contributed by atoms with van der Waals surface area (Å²) in [5.74, 6) is -0.191. The molecule has 0 bridgehead atoms. The van der Waals surface area contributed by atoms with Gasteiger partial charge in [0.15, 0.2) is 0 Å². The van der Waals surface area contributed by atoms with Gasteiger partial charge in [-0.05, 0) is 24.6 Å². The van der Waals surface area contributed by atoms with E-state index in [1.165, 1.54) is 0 Å². The van der Waals surface area contributed by atoms with Crippen LogP contribution in [-0.2, 0) is 0 Å². The molecule has 1 amide bonds. The molecule has 0 aliphatic heterocycles. The van der Waals surface area contributed by atoms with Crippen LogP contribution in [-0.4, -0.2) is 16.1 Å². The Kier molecular flexibility index (Phi) is 4.15. The molecule has 26 heavy (non-hydrogen) atoms. The zero-order valence-corrected chi connectivity index (χ0v) is 14.3. The lowest BCUT2D eigenvalue weighted by atomic mass is 10.0. The lowest BCUT2D eigenvalue weighted by Gasteiger charge is -2.13. The van der Waals surface area contributed by atoms with Gasteiger partial charge in [-0.25, -0.2) is 0 Å². The molecule has 0 unspecified atom stereocenters. The van der Waals surface area contributed by atoms with Gasteiger partial charge in [0, 0.05) is 16.6 Å². The Morgan fingerprint density at radius 3 is 2.31 bits per heavy atom. The second-order valence-electron chi connectivity index (χ2n) is 6.08. The molecule has 0 fully saturated rings. The molecule has 4 nitrogen and oxygen atoms in total. The number of rotatable bonds is 3. The summed E-state index contributed by atoms with van der Waals surface area (Å²) in [5.41, 5.74) is 4.47. The van der Waals surface area contributed by atoms with Crippen molar-refractivity contribution in [2.45, 2.75) is 6.92 Å². The zero-order chi connectivity index (χ0) is 17.9. The van der Waals surface area contributed by atoms with E-state index in [-0.39, 0.29) is 5.91 Å². The number of hydrogen-bond donors (Lipinski definition) is 1. The SMILES string of the molecule is Cc1ccccc1NC(=O)c1c(-c2ccccc2)nnc2ccccc12. The molecule has 1 heterocycles. The van der Waals surface area contributed by atoms with Crippen molar-refractivity contribution < 1.29 is 4.79 Å². The van der Waals surface area contributed by atoms with Crippen molar-refractivity contribution in [3.05, 3.63) is 90.0 Å². The Labute approximate surface area is 151 Å². The molecule has 4 heteroatoms. The Hall–Kier alpha value is -3.53. The van der Waals surface area contributed by atoms with E-state index in [4.69, 9.17) is 0 Å². The van der Waals surface area contributed by atoms with Crippen LogP contribution in [0.2, 0.25) is 0 Å². The van der Waals surface area contributed by atoms with Crippen molar-refractivity contribution in [2.24, 2.45) is 0 Å². The maximum absolute atomic E-state index is 13.2. The maximum Gasteiger partial charge on any atom is 0.258 e. The highest BCUT2D eigenvalue weighted by atomic mass is 16.1. The molecule has 0 aliphatic rings. The number of anilines is 1. The number of carbonyl (C=O) groups excluding carboxylic acids is 1. The van der Waals surface area contributed by atoms with Crippen LogP contribution < -0.4 is 5.32 Å². The number of amides is 1. The van der Waals surface area contributed by atoms with Crippen LogP contribution in [0, 0.1) is 6.92 Å². The van der Waals surface area contributed by atoms with Gasteiger partial charge >= 0.3 is 0 Å². The number of carbonyl (C=O) groups is 1. The summed E-state index contributed by atoms with van der Waals surface area (Å²) in [4.78, 5) is 13.2. The average Bonchev–Trinajstić information content (AvgIpc) is 2.69. The Bertz CT molecular complexity index is 1090. The topological polar surface area (TPSA) is 54.9 Å². The van der Waals surface area contributed by atoms with Crippen LogP contribution >= 0.6 is 0 Å². The number of para-hydroxylation sites is 1. The van der Waals surface area contributed by atoms with Crippen LogP contribution in [0.15, 0.2) is 78.9 Å². The molecule has 0 aliphatic carbocycles. The normalized spacial score (nSPS) is 10.7. The maximum atomic E-state index is 13.2. The summed E-state index contributed by atoms with van der Waals surface area (Å²) in [6, 6.07) is 24.9. The van der Waals surface area contributed by atoms with Gasteiger partial charge in [-0.15, -0.1) is 10.2 Å². The van der Waals surface area contributed by atoms with Crippen molar-refractivity contribution in [2.75, 3.05) is 5.32 Å². The fraction of sp³-hybridized carbons (Fsp3) is 0.0455. The van der Waals surface area contributed by atoms with Gasteiger partial charge in [0.2, 0.25) is 0 Å². The highest BCUT2D eigenvalue weighted by Gasteiger charge is 2.19. The Morgan fingerprint density at radius 2 is 1.50 bits per heavy atom. The third-order valence-corrected chi connectivity index (χ3v) is 4.34. The molecule has 4 rings (SSSR count). The van der Waals surface area contributed by atoms with E-state index in [9.17, 15) is 4.79 Å². The largest absolute Gasteiger partial charge is 0.322 e. The van der Waals surface area contributed by atoms with Gasteiger partial charge < -0.3 is 5.32 Å². The third kappa shape index (κ3) is 2.93. The minimum Gasteiger partial charge on any atom is -0.322 e. The highest BCUT2D eigenvalue weighted by molar-refractivity contribution is 6.16. The number of nitrogens with one attached hydrogen (secondary N) is 1. The van der Waals surface area contributed by atoms with E-state index in [0.717, 1.165) is 22.2 Å². The minimum absolute atomic E-state index is 0.191. The first kappa shape index (κ1) is 16.0. The smallest absolute Gasteiger partial charge is 0.258 e. The minimum atomic E-state index is -0.191. The predicted octanol–water partition coefficient (Wildman–Crippen LogP) is 4.86. The summed E-state index contributed by atoms with van der Waals surface area (Å²) in [5, 5.41) is 12.5. The highest BCUT2D eigenvalue weighted by Crippen LogP contribution is 2.28. The molecule has 0 spiro atoms. The first-order valence-electron chi connectivity index (χ1n) is 8.42. The predicted molar refractivity (Wildman–Crippen MR) is 104 cm³/mol. The quantitative estimate of drug-likeness (QED) is 0.580. The second kappa shape index (κ2) is 6.76. The van der Waals surface area contributed by atoms with E-state index in [1.807, 2.05) is 85.8 Å². The van der Waals surface area contributed by atoms with Gasteiger partial charge in [-0.1, -0.05) is 66.7 Å². The Morgan fingerprint density at radius 1 is 0.808 bits per heavy atom. The number of benzene rings is 3. The Balaban J connectivity index is 1.89. The molecular weight excluding hydrogens is 322 g/mol. The molecule has 0 saturated heterocycles. The van der Waals surface area contributed by atoms with Crippen LogP contribution in [0.5, 0.6) is 0 Å². The van der Waals surface area contributed by atoms with Crippen LogP contribution in [0.3, 0.4) is 0 Å². The average molecular weight is 339 g/mol. The third-order valence-electron chi connectivity index (χ3n) is 4.34. The molecule has 1 aromatic heterocycles. The molecular formula is C22H17N3O. The zero-order valence-electron chi connectivity index (χ0n) is 14.3. The molecule has 0 atom stereocenters. The van der Waals surface area contributed by atoms with Crippen molar-refractivity contribution in [1.29, 1.82) is 0 Å². The van der Waals surface area contributed by atoms with Crippen molar-refractivity contribution in [3.8, 4) is 11.3 Å². The van der Waals surface area contributed by atoms with Crippen LogP contribution in [0.25, 0.3) is 22.2 Å². The molecule has 4 aromatic rings. The van der Waals surface area contributed by atoms with Crippen LogP contribution in [0.1, 0.15) is 15.9 Å². The molecule has 3 aromatic carbocycles. The van der Waals surface area contributed by atoms with Gasteiger partial charge in [0.05, 0.1) is 11.1 Å². The lowest BCUT2D eigenvalue weighted by Crippen LogP contribution is -2.16. The summed E-state index contributed by atoms with van der Waals surface area (Å²) < 4.78 is 0. The summed E-state index contributed by atoms with van der Waals surface area (Å²) in [7, 11) is 0. The summed E-state index contributed by atoms with van der Waals surface area (Å²) in [6.45, 7) is 1.97. The molecule has 1 N–H and O–H groups in total. The van der Waals surface area contributed by atoms with Crippen molar-refractivity contribution in [3.63, 3.8) is 0 Å². The summed E-state index contributed by atoms with van der Waals surface area (Å²) in [6.07, 6.45) is 0. The number of aromatic nitrogens is 2. The van der Waals surface area contributed by atoms with Crippen LogP contribution in [0.4, 0.5) is 5.69 Å². The lowest BCUT2D eigenvalue weighted by molar-refractivity contribution is 0.102. The van der Waals surface area contributed by atoms with E-state index in [2.05, 4.69) is 15.5 Å². The van der Waals surface area contributed by atoms with Crippen molar-refractivity contribution in [1.82, 2.24) is 10.2 Å². The fourth-order valence-corrected chi connectivity index (χ4v) is 2.98. The number of aryl methyl sites for hydroxylation is 1. The monoisotopic (exact) mass is 339 g/mol. The number of fused-ring (bicyclic) bond motifs is 1. The molecule has 0 radical (unpaired) electrons. The van der Waals surface area contributed by atoms with E-state index >= 15 is 0 Å². The van der Waals surface area contributed by atoms with Crippen molar-refractivity contribution >= 4 is 22.5 Å². The standard InChI is InChI=1S/C22H17N3O/c1-15-9-5-7-13-18(15)23-22(26)20-17-12-6-8-14-19(17)24-25-21(20)16-10-3-2-4-11-16/h2-14H,1H3,(H,23,26). The van der Waals surface area contributed by atoms with E-state index < -0.39 is 0 Å². The first-order valence-corrected chi connectivity index (χ1v) is 8.42. The molecule has 126 valence electrons. The van der Waals surface area contributed by atoms with Gasteiger partial charge in [0.25, 0.3) is 5.91 Å². The van der Waals surface area contributed by atoms with E-state index in [0.29, 0.717) is 16.8 Å².